The second-order valence-corrected chi connectivity index (χ2v) is 6.68. The fourth-order valence-corrected chi connectivity index (χ4v) is 2.50. The zero-order chi connectivity index (χ0) is 18.2. The van der Waals surface area contributed by atoms with Gasteiger partial charge in [0, 0.05) is 12.1 Å². The molecule has 0 aliphatic heterocycles. The number of hydrogen-bond donors (Lipinski definition) is 2. The van der Waals surface area contributed by atoms with E-state index in [1.165, 1.54) is 6.26 Å². The summed E-state index contributed by atoms with van der Waals surface area (Å²) in [6.45, 7) is 7.81. The Morgan fingerprint density at radius 2 is 2.12 bits per heavy atom. The Bertz CT molecular complexity index is 692. The van der Waals surface area contributed by atoms with Crippen LogP contribution in [-0.4, -0.2) is 12.5 Å². The molecule has 0 fully saturated rings. The first-order valence-corrected chi connectivity index (χ1v) is 8.77. The van der Waals surface area contributed by atoms with Gasteiger partial charge in [0.2, 0.25) is 0 Å². The molecule has 0 unspecified atom stereocenters. The number of carbonyl (C=O) groups is 1. The number of ether oxygens (including phenoxy) is 1. The summed E-state index contributed by atoms with van der Waals surface area (Å²) < 4.78 is 11.1. The van der Waals surface area contributed by atoms with E-state index in [2.05, 4.69) is 19.2 Å². The SMILES string of the molecule is Cc1ccc(CNC(=O)c2coc(CN)c2)c(OCCCC(C)C)c1. The first-order chi connectivity index (χ1) is 12.0. The molecule has 136 valence electrons. The molecule has 2 aromatic rings. The number of rotatable bonds is 9. The molecule has 1 aromatic carbocycles. The predicted octanol–water partition coefficient (Wildman–Crippen LogP) is 3.79. The monoisotopic (exact) mass is 344 g/mol. The molecular weight excluding hydrogens is 316 g/mol. The van der Waals surface area contributed by atoms with Crippen LogP contribution in [0.4, 0.5) is 0 Å². The van der Waals surface area contributed by atoms with Gasteiger partial charge in [-0.3, -0.25) is 4.79 Å². The van der Waals surface area contributed by atoms with Crippen LogP contribution in [0.15, 0.2) is 34.9 Å². The van der Waals surface area contributed by atoms with Crippen LogP contribution < -0.4 is 15.8 Å². The maximum absolute atomic E-state index is 12.2. The Morgan fingerprint density at radius 1 is 1.32 bits per heavy atom. The van der Waals surface area contributed by atoms with Gasteiger partial charge < -0.3 is 20.2 Å². The molecule has 0 aliphatic rings. The van der Waals surface area contributed by atoms with Gasteiger partial charge >= 0.3 is 0 Å². The van der Waals surface area contributed by atoms with Crippen LogP contribution in [0, 0.1) is 12.8 Å². The molecule has 0 saturated heterocycles. The highest BCUT2D eigenvalue weighted by atomic mass is 16.5. The minimum atomic E-state index is -0.185. The zero-order valence-corrected chi connectivity index (χ0v) is 15.3. The lowest BCUT2D eigenvalue weighted by atomic mass is 10.1. The minimum Gasteiger partial charge on any atom is -0.493 e. The summed E-state index contributed by atoms with van der Waals surface area (Å²) in [4.78, 5) is 12.2. The van der Waals surface area contributed by atoms with Gasteiger partial charge in [-0.25, -0.2) is 0 Å². The lowest BCUT2D eigenvalue weighted by Gasteiger charge is -2.13. The van der Waals surface area contributed by atoms with Crippen LogP contribution in [0.1, 0.15) is 53.9 Å². The third-order valence-corrected chi connectivity index (χ3v) is 3.96. The number of nitrogens with one attached hydrogen (secondary N) is 1. The Balaban J connectivity index is 1.95. The topological polar surface area (TPSA) is 77.5 Å². The van der Waals surface area contributed by atoms with Crippen molar-refractivity contribution in [3.8, 4) is 5.75 Å². The van der Waals surface area contributed by atoms with Gasteiger partial charge in [0.05, 0.1) is 18.7 Å². The van der Waals surface area contributed by atoms with Crippen molar-refractivity contribution in [2.75, 3.05) is 6.61 Å². The van der Waals surface area contributed by atoms with Crippen LogP contribution >= 0.6 is 0 Å². The van der Waals surface area contributed by atoms with Crippen LogP contribution in [0.2, 0.25) is 0 Å². The fraction of sp³-hybridized carbons (Fsp3) is 0.450. The second-order valence-electron chi connectivity index (χ2n) is 6.68. The summed E-state index contributed by atoms with van der Waals surface area (Å²) in [5, 5.41) is 2.90. The molecule has 0 saturated carbocycles. The molecule has 0 radical (unpaired) electrons. The Morgan fingerprint density at radius 3 is 2.80 bits per heavy atom. The summed E-state index contributed by atoms with van der Waals surface area (Å²) in [5.74, 6) is 1.91. The van der Waals surface area contributed by atoms with E-state index < -0.39 is 0 Å². The molecule has 1 aromatic heterocycles. The largest absolute Gasteiger partial charge is 0.493 e. The molecule has 0 bridgehead atoms. The number of hydrogen-bond acceptors (Lipinski definition) is 4. The third-order valence-electron chi connectivity index (χ3n) is 3.96. The Hall–Kier alpha value is -2.27. The number of amides is 1. The molecule has 0 atom stereocenters. The van der Waals surface area contributed by atoms with Gasteiger partial charge in [0.15, 0.2) is 0 Å². The van der Waals surface area contributed by atoms with Crippen molar-refractivity contribution in [3.63, 3.8) is 0 Å². The van der Waals surface area contributed by atoms with Gasteiger partial charge in [-0.1, -0.05) is 26.0 Å². The maximum atomic E-state index is 12.2. The Kier molecular flexibility index (Phi) is 7.07. The highest BCUT2D eigenvalue weighted by Crippen LogP contribution is 2.21. The summed E-state index contributed by atoms with van der Waals surface area (Å²) >= 11 is 0. The summed E-state index contributed by atoms with van der Waals surface area (Å²) in [5.41, 5.74) is 8.07. The number of nitrogens with two attached hydrogens (primary N) is 1. The van der Waals surface area contributed by atoms with Crippen molar-refractivity contribution in [1.29, 1.82) is 0 Å². The number of furan rings is 1. The smallest absolute Gasteiger partial charge is 0.254 e. The summed E-state index contributed by atoms with van der Waals surface area (Å²) in [6.07, 6.45) is 3.59. The molecule has 3 N–H and O–H groups in total. The van der Waals surface area contributed by atoms with Gasteiger partial charge in [0.25, 0.3) is 5.91 Å². The van der Waals surface area contributed by atoms with E-state index in [-0.39, 0.29) is 12.5 Å². The Labute approximate surface area is 149 Å². The van der Waals surface area contributed by atoms with Crippen molar-refractivity contribution in [2.24, 2.45) is 11.7 Å². The molecule has 5 heteroatoms. The van der Waals surface area contributed by atoms with E-state index in [1.54, 1.807) is 6.07 Å². The number of carbonyl (C=O) groups excluding carboxylic acids is 1. The number of benzene rings is 1. The first kappa shape index (κ1) is 19.1. The van der Waals surface area contributed by atoms with Gasteiger partial charge in [-0.05, 0) is 43.4 Å². The van der Waals surface area contributed by atoms with E-state index in [0.717, 1.165) is 29.7 Å². The van der Waals surface area contributed by atoms with Crippen molar-refractivity contribution in [2.45, 2.75) is 46.7 Å². The van der Waals surface area contributed by atoms with Gasteiger partial charge in [-0.15, -0.1) is 0 Å². The zero-order valence-electron chi connectivity index (χ0n) is 15.3. The molecule has 1 amide bonds. The predicted molar refractivity (Wildman–Crippen MR) is 98.5 cm³/mol. The molecule has 2 rings (SSSR count). The van der Waals surface area contributed by atoms with Gasteiger partial charge in [0.1, 0.15) is 17.8 Å². The third kappa shape index (κ3) is 5.94. The van der Waals surface area contributed by atoms with Crippen LogP contribution in [0.3, 0.4) is 0 Å². The molecule has 5 nitrogen and oxygen atoms in total. The normalized spacial score (nSPS) is 10.9. The fourth-order valence-electron chi connectivity index (χ4n) is 2.50. The molecular formula is C20H28N2O3. The lowest BCUT2D eigenvalue weighted by Crippen LogP contribution is -2.22. The van der Waals surface area contributed by atoms with E-state index >= 15 is 0 Å². The first-order valence-electron chi connectivity index (χ1n) is 8.77. The quantitative estimate of drug-likeness (QED) is 0.679. The van der Waals surface area contributed by atoms with Gasteiger partial charge in [-0.2, -0.15) is 0 Å². The summed E-state index contributed by atoms with van der Waals surface area (Å²) in [7, 11) is 0. The minimum absolute atomic E-state index is 0.185. The molecule has 0 aliphatic carbocycles. The van der Waals surface area contributed by atoms with Crippen LogP contribution in [-0.2, 0) is 13.1 Å². The number of aryl methyl sites for hydroxylation is 1. The summed E-state index contributed by atoms with van der Waals surface area (Å²) in [6, 6.07) is 7.69. The average Bonchev–Trinajstić information content (AvgIpc) is 3.06. The highest BCUT2D eigenvalue weighted by molar-refractivity contribution is 5.93. The average molecular weight is 344 g/mol. The van der Waals surface area contributed by atoms with Crippen LogP contribution in [0.5, 0.6) is 5.75 Å². The van der Waals surface area contributed by atoms with Crippen molar-refractivity contribution >= 4 is 5.91 Å². The lowest BCUT2D eigenvalue weighted by molar-refractivity contribution is 0.0950. The molecule has 1 heterocycles. The maximum Gasteiger partial charge on any atom is 0.254 e. The van der Waals surface area contributed by atoms with E-state index in [9.17, 15) is 4.79 Å². The van der Waals surface area contributed by atoms with Crippen molar-refractivity contribution in [1.82, 2.24) is 5.32 Å². The van der Waals surface area contributed by atoms with E-state index in [1.807, 2.05) is 25.1 Å². The van der Waals surface area contributed by atoms with E-state index in [0.29, 0.717) is 30.4 Å². The second kappa shape index (κ2) is 9.28. The van der Waals surface area contributed by atoms with Crippen LogP contribution in [0.25, 0.3) is 0 Å². The highest BCUT2D eigenvalue weighted by Gasteiger charge is 2.11. The van der Waals surface area contributed by atoms with Crippen molar-refractivity contribution < 1.29 is 13.9 Å². The molecule has 25 heavy (non-hydrogen) atoms. The standard InChI is InChI=1S/C20H28N2O3/c1-14(2)5-4-8-24-19-9-15(3)6-7-16(19)12-22-20(23)17-10-18(11-21)25-13-17/h6-7,9-10,13-14H,4-5,8,11-12,21H2,1-3H3,(H,22,23). The van der Waals surface area contributed by atoms with E-state index in [4.69, 9.17) is 14.9 Å². The molecule has 0 spiro atoms. The van der Waals surface area contributed by atoms with Crippen molar-refractivity contribution in [3.05, 3.63) is 53.0 Å².